The quantitative estimate of drug-likeness (QED) is 0.796. The molecule has 1 amide bonds. The van der Waals surface area contributed by atoms with Crippen LogP contribution in [0, 0.1) is 13.8 Å². The van der Waals surface area contributed by atoms with Gasteiger partial charge in [0.1, 0.15) is 0 Å². The molecule has 0 saturated carbocycles. The number of carbonyl (C=O) groups excluding carboxylic acids is 1. The summed E-state index contributed by atoms with van der Waals surface area (Å²) in [5.41, 5.74) is 7.87. The number of hydrogen-bond donors (Lipinski definition) is 2. The van der Waals surface area contributed by atoms with Crippen molar-refractivity contribution in [2.75, 3.05) is 5.32 Å². The average Bonchev–Trinajstić information content (AvgIpc) is 2.88. The van der Waals surface area contributed by atoms with Crippen LogP contribution in [0.1, 0.15) is 35.0 Å². The largest absolute Gasteiger partial charge is 0.358 e. The first-order chi connectivity index (χ1) is 9.99. The Hall–Kier alpha value is -2.55. The molecule has 0 fully saturated rings. The molecule has 1 aliphatic rings. The Kier molecular flexibility index (Phi) is 3.05. The number of allylic oxidation sites excluding steroid dienone is 1. The van der Waals surface area contributed by atoms with Gasteiger partial charge in [0.05, 0.1) is 5.57 Å². The lowest BCUT2D eigenvalue weighted by atomic mass is 10.0. The number of para-hydroxylation sites is 1. The summed E-state index contributed by atoms with van der Waals surface area (Å²) in [5, 5.41) is 2.89. The van der Waals surface area contributed by atoms with E-state index in [1.54, 1.807) is 0 Å². The molecule has 21 heavy (non-hydrogen) atoms. The lowest BCUT2D eigenvalue weighted by Crippen LogP contribution is -2.03. The van der Waals surface area contributed by atoms with Crippen LogP contribution in [0.25, 0.3) is 17.2 Å². The highest BCUT2D eigenvalue weighted by atomic mass is 16.2. The van der Waals surface area contributed by atoms with E-state index in [-0.39, 0.29) is 5.91 Å². The number of hydrogen-bond acceptors (Lipinski definition) is 1. The molecule has 3 nitrogen and oxygen atoms in total. The fourth-order valence-electron chi connectivity index (χ4n) is 2.99. The molecule has 0 aliphatic carbocycles. The van der Waals surface area contributed by atoms with E-state index in [1.807, 2.05) is 44.2 Å². The lowest BCUT2D eigenvalue weighted by molar-refractivity contribution is -0.110. The van der Waals surface area contributed by atoms with E-state index >= 15 is 0 Å². The fraction of sp³-hybridized carbons (Fsp3) is 0.167. The van der Waals surface area contributed by atoms with Crippen LogP contribution < -0.4 is 5.32 Å². The number of carbonyl (C=O) groups is 1. The van der Waals surface area contributed by atoms with Crippen molar-refractivity contribution in [3.05, 3.63) is 58.9 Å². The van der Waals surface area contributed by atoms with Gasteiger partial charge < -0.3 is 10.3 Å². The summed E-state index contributed by atoms with van der Waals surface area (Å²) in [6.45, 7) is 10.1. The van der Waals surface area contributed by atoms with Crippen LogP contribution in [0.3, 0.4) is 0 Å². The molecular formula is C18H18N2O. The minimum atomic E-state index is -0.0558. The highest BCUT2D eigenvalue weighted by molar-refractivity contribution is 6.34. The van der Waals surface area contributed by atoms with Crippen LogP contribution in [-0.4, -0.2) is 10.9 Å². The summed E-state index contributed by atoms with van der Waals surface area (Å²) in [7, 11) is 0. The van der Waals surface area contributed by atoms with Crippen LogP contribution in [0.5, 0.6) is 0 Å². The zero-order chi connectivity index (χ0) is 15.1. The molecule has 2 aromatic rings. The van der Waals surface area contributed by atoms with E-state index in [0.717, 1.165) is 39.3 Å². The third-order valence-electron chi connectivity index (χ3n) is 3.90. The van der Waals surface area contributed by atoms with Gasteiger partial charge >= 0.3 is 0 Å². The minimum Gasteiger partial charge on any atom is -0.358 e. The van der Waals surface area contributed by atoms with Gasteiger partial charge in [-0.05, 0) is 44.1 Å². The van der Waals surface area contributed by atoms with Crippen molar-refractivity contribution in [3.8, 4) is 0 Å². The van der Waals surface area contributed by atoms with Gasteiger partial charge in [0.25, 0.3) is 5.91 Å². The molecule has 1 aliphatic heterocycles. The summed E-state index contributed by atoms with van der Waals surface area (Å²) in [6, 6.07) is 7.74. The third-order valence-corrected chi connectivity index (χ3v) is 3.90. The Morgan fingerprint density at radius 1 is 1.24 bits per heavy atom. The summed E-state index contributed by atoms with van der Waals surface area (Å²) in [6.07, 6.45) is 1.93. The first kappa shape index (κ1) is 13.4. The number of rotatable bonds is 2. The van der Waals surface area contributed by atoms with Crippen LogP contribution in [-0.2, 0) is 4.79 Å². The van der Waals surface area contributed by atoms with E-state index in [1.165, 1.54) is 0 Å². The number of nitrogens with one attached hydrogen (secondary N) is 2. The maximum absolute atomic E-state index is 12.2. The van der Waals surface area contributed by atoms with Crippen molar-refractivity contribution in [1.29, 1.82) is 0 Å². The van der Waals surface area contributed by atoms with Gasteiger partial charge in [0.2, 0.25) is 0 Å². The normalized spacial score (nSPS) is 15.2. The molecule has 2 N–H and O–H groups in total. The number of aryl methyl sites for hydroxylation is 1. The zero-order valence-corrected chi connectivity index (χ0v) is 12.5. The van der Waals surface area contributed by atoms with Gasteiger partial charge in [-0.2, -0.15) is 0 Å². The van der Waals surface area contributed by atoms with Crippen molar-refractivity contribution < 1.29 is 4.79 Å². The van der Waals surface area contributed by atoms with Gasteiger partial charge in [-0.3, -0.25) is 4.79 Å². The van der Waals surface area contributed by atoms with Crippen molar-refractivity contribution in [3.63, 3.8) is 0 Å². The second-order valence-corrected chi connectivity index (χ2v) is 5.50. The standard InChI is InChI=1S/C18H18N2O/c1-10(2)17-11(3)16(19-12(17)4)9-14-13-7-5-6-8-15(13)20-18(14)21/h5-9,19H,1H2,2-4H3,(H,20,21)/b14-9-. The van der Waals surface area contributed by atoms with Gasteiger partial charge in [-0.1, -0.05) is 24.8 Å². The second-order valence-electron chi connectivity index (χ2n) is 5.50. The molecule has 2 heterocycles. The Balaban J connectivity index is 2.14. The van der Waals surface area contributed by atoms with Crippen LogP contribution in [0.15, 0.2) is 30.8 Å². The molecule has 1 aromatic heterocycles. The first-order valence-electron chi connectivity index (χ1n) is 6.96. The van der Waals surface area contributed by atoms with Crippen LogP contribution in [0.4, 0.5) is 5.69 Å². The number of benzene rings is 1. The summed E-state index contributed by atoms with van der Waals surface area (Å²) >= 11 is 0. The molecule has 0 spiro atoms. The summed E-state index contributed by atoms with van der Waals surface area (Å²) < 4.78 is 0. The third kappa shape index (κ3) is 2.11. The van der Waals surface area contributed by atoms with Gasteiger partial charge in [0, 0.05) is 28.2 Å². The number of amides is 1. The van der Waals surface area contributed by atoms with Crippen molar-refractivity contribution in [2.45, 2.75) is 20.8 Å². The minimum absolute atomic E-state index is 0.0558. The predicted octanol–water partition coefficient (Wildman–Crippen LogP) is 4.16. The monoisotopic (exact) mass is 278 g/mol. The Bertz CT molecular complexity index is 794. The van der Waals surface area contributed by atoms with Gasteiger partial charge in [-0.15, -0.1) is 0 Å². The molecule has 3 rings (SSSR count). The van der Waals surface area contributed by atoms with E-state index < -0.39 is 0 Å². The SMILES string of the molecule is C=C(C)c1c(C)[nH]c(/C=C2\C(=O)Nc3ccccc32)c1C. The summed E-state index contributed by atoms with van der Waals surface area (Å²) in [5.74, 6) is -0.0558. The Morgan fingerprint density at radius 3 is 2.62 bits per heavy atom. The zero-order valence-electron chi connectivity index (χ0n) is 12.5. The maximum Gasteiger partial charge on any atom is 0.256 e. The fourth-order valence-corrected chi connectivity index (χ4v) is 2.99. The molecule has 0 radical (unpaired) electrons. The molecule has 1 aromatic carbocycles. The lowest BCUT2D eigenvalue weighted by Gasteiger charge is -2.00. The van der Waals surface area contributed by atoms with E-state index in [2.05, 4.69) is 23.8 Å². The average molecular weight is 278 g/mol. The molecular weight excluding hydrogens is 260 g/mol. The van der Waals surface area contributed by atoms with Crippen LogP contribution >= 0.6 is 0 Å². The number of aromatic amines is 1. The van der Waals surface area contributed by atoms with Gasteiger partial charge in [-0.25, -0.2) is 0 Å². The number of fused-ring (bicyclic) bond motifs is 1. The Labute approximate surface area is 124 Å². The van der Waals surface area contributed by atoms with Crippen molar-refractivity contribution in [2.24, 2.45) is 0 Å². The smallest absolute Gasteiger partial charge is 0.256 e. The maximum atomic E-state index is 12.2. The van der Waals surface area contributed by atoms with E-state index in [9.17, 15) is 4.79 Å². The van der Waals surface area contributed by atoms with Gasteiger partial charge in [0.15, 0.2) is 0 Å². The molecule has 0 unspecified atom stereocenters. The second kappa shape index (κ2) is 4.77. The first-order valence-corrected chi connectivity index (χ1v) is 6.96. The topological polar surface area (TPSA) is 44.9 Å². The van der Waals surface area contributed by atoms with Crippen LogP contribution in [0.2, 0.25) is 0 Å². The highest BCUT2D eigenvalue weighted by Gasteiger charge is 2.24. The number of H-pyrrole nitrogens is 1. The number of aromatic nitrogens is 1. The molecule has 0 saturated heterocycles. The van der Waals surface area contributed by atoms with E-state index in [0.29, 0.717) is 5.57 Å². The molecule has 3 heteroatoms. The predicted molar refractivity (Wildman–Crippen MR) is 87.9 cm³/mol. The molecule has 0 atom stereocenters. The molecule has 0 bridgehead atoms. The van der Waals surface area contributed by atoms with Crippen molar-refractivity contribution in [1.82, 2.24) is 4.98 Å². The van der Waals surface area contributed by atoms with E-state index in [4.69, 9.17) is 0 Å². The van der Waals surface area contributed by atoms with Crippen molar-refractivity contribution >= 4 is 28.8 Å². The Morgan fingerprint density at radius 2 is 1.95 bits per heavy atom. The highest BCUT2D eigenvalue weighted by Crippen LogP contribution is 2.34. The molecule has 106 valence electrons. The summed E-state index contributed by atoms with van der Waals surface area (Å²) in [4.78, 5) is 15.5. The number of anilines is 1.